The maximum Gasteiger partial charge on any atom is 0.307 e. The van der Waals surface area contributed by atoms with Gasteiger partial charge in [-0.05, 0) is 18.4 Å². The second-order valence-electron chi connectivity index (χ2n) is 6.21. The van der Waals surface area contributed by atoms with Gasteiger partial charge in [0.15, 0.2) is 0 Å². The van der Waals surface area contributed by atoms with Crippen LogP contribution in [-0.2, 0) is 14.3 Å². The van der Waals surface area contributed by atoms with Crippen LogP contribution in [0.15, 0.2) is 0 Å². The first-order chi connectivity index (χ1) is 9.44. The van der Waals surface area contributed by atoms with Crippen LogP contribution in [0.2, 0.25) is 0 Å². The summed E-state index contributed by atoms with van der Waals surface area (Å²) in [6.45, 7) is 8.68. The van der Waals surface area contributed by atoms with E-state index in [1.165, 1.54) is 0 Å². The fourth-order valence-corrected chi connectivity index (χ4v) is 3.04. The molecule has 20 heavy (non-hydrogen) atoms. The molecule has 2 rings (SSSR count). The number of rotatable bonds is 6. The van der Waals surface area contributed by atoms with Crippen molar-refractivity contribution < 1.29 is 19.4 Å². The van der Waals surface area contributed by atoms with Gasteiger partial charge in [-0.2, -0.15) is 0 Å². The SMILES string of the molecule is CC1(C)[C@H](C(=O)NCCCN2CCOCC2)[C@@H]1C(=O)O. The van der Waals surface area contributed by atoms with Gasteiger partial charge in [0.1, 0.15) is 0 Å². The number of carboxylic acids is 1. The average Bonchev–Trinajstić information content (AvgIpc) is 2.99. The fraction of sp³-hybridized carbons (Fsp3) is 0.857. The minimum atomic E-state index is -0.872. The molecule has 0 spiro atoms. The monoisotopic (exact) mass is 284 g/mol. The minimum absolute atomic E-state index is 0.121. The molecule has 0 aromatic heterocycles. The molecule has 0 bridgehead atoms. The minimum Gasteiger partial charge on any atom is -0.481 e. The van der Waals surface area contributed by atoms with E-state index in [1.54, 1.807) is 0 Å². The molecule has 2 fully saturated rings. The Morgan fingerprint density at radius 2 is 1.95 bits per heavy atom. The number of nitrogens with one attached hydrogen (secondary N) is 1. The van der Waals surface area contributed by atoms with Crippen molar-refractivity contribution in [2.45, 2.75) is 20.3 Å². The Bertz CT molecular complexity index is 377. The highest BCUT2D eigenvalue weighted by atomic mass is 16.5. The molecule has 0 aromatic carbocycles. The number of aliphatic carboxylic acids is 1. The molecule has 1 aliphatic heterocycles. The third-order valence-corrected chi connectivity index (χ3v) is 4.43. The molecule has 2 aliphatic rings. The molecule has 6 heteroatoms. The molecule has 1 saturated heterocycles. The van der Waals surface area contributed by atoms with Crippen molar-refractivity contribution in [3.05, 3.63) is 0 Å². The van der Waals surface area contributed by atoms with Gasteiger partial charge in [0.05, 0.1) is 25.0 Å². The first-order valence-electron chi connectivity index (χ1n) is 7.25. The number of hydrogen-bond acceptors (Lipinski definition) is 4. The second kappa shape index (κ2) is 6.10. The average molecular weight is 284 g/mol. The van der Waals surface area contributed by atoms with E-state index < -0.39 is 17.3 Å². The smallest absolute Gasteiger partial charge is 0.307 e. The fourth-order valence-electron chi connectivity index (χ4n) is 3.04. The number of carbonyl (C=O) groups excluding carboxylic acids is 1. The van der Waals surface area contributed by atoms with Gasteiger partial charge in [0.2, 0.25) is 5.91 Å². The number of carbonyl (C=O) groups is 2. The zero-order valence-electron chi connectivity index (χ0n) is 12.2. The quantitative estimate of drug-likeness (QED) is 0.680. The summed E-state index contributed by atoms with van der Waals surface area (Å²) in [4.78, 5) is 25.3. The maximum atomic E-state index is 12.0. The van der Waals surface area contributed by atoms with E-state index in [2.05, 4.69) is 10.2 Å². The molecule has 1 amide bonds. The van der Waals surface area contributed by atoms with Gasteiger partial charge in [-0.25, -0.2) is 0 Å². The van der Waals surface area contributed by atoms with E-state index in [0.29, 0.717) is 6.54 Å². The molecule has 0 radical (unpaired) electrons. The van der Waals surface area contributed by atoms with E-state index in [4.69, 9.17) is 9.84 Å². The summed E-state index contributed by atoms with van der Waals surface area (Å²) in [6, 6.07) is 0. The van der Waals surface area contributed by atoms with E-state index in [0.717, 1.165) is 39.3 Å². The van der Waals surface area contributed by atoms with Crippen molar-refractivity contribution in [2.24, 2.45) is 17.3 Å². The largest absolute Gasteiger partial charge is 0.481 e. The standard InChI is InChI=1S/C14H24N2O4/c1-14(2)10(11(14)13(18)19)12(17)15-4-3-5-16-6-8-20-9-7-16/h10-11H,3-9H2,1-2H3,(H,15,17)(H,18,19)/t10-,11+/m0/s1. The highest BCUT2D eigenvalue weighted by Crippen LogP contribution is 2.58. The summed E-state index contributed by atoms with van der Waals surface area (Å²) in [7, 11) is 0. The first-order valence-corrected chi connectivity index (χ1v) is 7.25. The second-order valence-corrected chi connectivity index (χ2v) is 6.21. The maximum absolute atomic E-state index is 12.0. The Balaban J connectivity index is 1.65. The van der Waals surface area contributed by atoms with E-state index >= 15 is 0 Å². The zero-order chi connectivity index (χ0) is 14.8. The lowest BCUT2D eigenvalue weighted by Gasteiger charge is -2.26. The number of ether oxygens (including phenoxy) is 1. The molecular weight excluding hydrogens is 260 g/mol. The Labute approximate surface area is 119 Å². The Morgan fingerprint density at radius 3 is 2.50 bits per heavy atom. The van der Waals surface area contributed by atoms with Gasteiger partial charge in [-0.1, -0.05) is 13.8 Å². The van der Waals surface area contributed by atoms with Gasteiger partial charge in [-0.3, -0.25) is 14.5 Å². The molecule has 114 valence electrons. The molecule has 0 aromatic rings. The van der Waals surface area contributed by atoms with Crippen LogP contribution >= 0.6 is 0 Å². The van der Waals surface area contributed by atoms with E-state index in [1.807, 2.05) is 13.8 Å². The van der Waals surface area contributed by atoms with Crippen LogP contribution in [0.3, 0.4) is 0 Å². The molecule has 0 unspecified atom stereocenters. The van der Waals surface area contributed by atoms with Crippen LogP contribution in [0, 0.1) is 17.3 Å². The summed E-state index contributed by atoms with van der Waals surface area (Å²) >= 11 is 0. The van der Waals surface area contributed by atoms with Crippen LogP contribution in [0.25, 0.3) is 0 Å². The number of nitrogens with zero attached hydrogens (tertiary/aromatic N) is 1. The Morgan fingerprint density at radius 1 is 1.30 bits per heavy atom. The number of hydrogen-bond donors (Lipinski definition) is 2. The molecule has 2 atom stereocenters. The van der Waals surface area contributed by atoms with Gasteiger partial charge in [0.25, 0.3) is 0 Å². The lowest BCUT2D eigenvalue weighted by Crippen LogP contribution is -2.38. The molecule has 1 aliphatic carbocycles. The van der Waals surface area contributed by atoms with Crippen molar-refractivity contribution in [1.29, 1.82) is 0 Å². The third-order valence-electron chi connectivity index (χ3n) is 4.43. The zero-order valence-corrected chi connectivity index (χ0v) is 12.2. The van der Waals surface area contributed by atoms with Gasteiger partial charge < -0.3 is 15.2 Å². The van der Waals surface area contributed by atoms with Crippen molar-refractivity contribution in [3.63, 3.8) is 0 Å². The van der Waals surface area contributed by atoms with E-state index in [-0.39, 0.29) is 11.8 Å². The molecule has 2 N–H and O–H groups in total. The van der Waals surface area contributed by atoms with Crippen LogP contribution in [-0.4, -0.2) is 61.3 Å². The predicted molar refractivity (Wildman–Crippen MR) is 73.3 cm³/mol. The molecular formula is C14H24N2O4. The van der Waals surface area contributed by atoms with Crippen LogP contribution in [0.4, 0.5) is 0 Å². The Hall–Kier alpha value is -1.14. The van der Waals surface area contributed by atoms with Crippen LogP contribution in [0.5, 0.6) is 0 Å². The van der Waals surface area contributed by atoms with Gasteiger partial charge in [0, 0.05) is 19.6 Å². The topological polar surface area (TPSA) is 78.9 Å². The van der Waals surface area contributed by atoms with Gasteiger partial charge >= 0.3 is 5.97 Å². The van der Waals surface area contributed by atoms with Crippen molar-refractivity contribution >= 4 is 11.9 Å². The van der Waals surface area contributed by atoms with Crippen molar-refractivity contribution in [1.82, 2.24) is 10.2 Å². The normalized spacial score (nSPS) is 28.9. The first kappa shape index (κ1) is 15.3. The number of carboxylic acid groups (broad SMARTS) is 1. The summed E-state index contributed by atoms with van der Waals surface area (Å²) in [5.74, 6) is -1.92. The van der Waals surface area contributed by atoms with Crippen LogP contribution in [0.1, 0.15) is 20.3 Å². The lowest BCUT2D eigenvalue weighted by atomic mass is 10.1. The molecule has 1 heterocycles. The van der Waals surface area contributed by atoms with Crippen molar-refractivity contribution in [3.8, 4) is 0 Å². The van der Waals surface area contributed by atoms with Crippen molar-refractivity contribution in [2.75, 3.05) is 39.4 Å². The van der Waals surface area contributed by atoms with Gasteiger partial charge in [-0.15, -0.1) is 0 Å². The summed E-state index contributed by atoms with van der Waals surface area (Å²) in [5, 5.41) is 11.9. The Kier molecular flexibility index (Phi) is 4.65. The highest BCUT2D eigenvalue weighted by Gasteiger charge is 2.65. The third kappa shape index (κ3) is 3.30. The molecule has 6 nitrogen and oxygen atoms in total. The lowest BCUT2D eigenvalue weighted by molar-refractivity contribution is -0.140. The molecule has 1 saturated carbocycles. The highest BCUT2D eigenvalue weighted by molar-refractivity contribution is 5.91. The summed E-state index contributed by atoms with van der Waals surface area (Å²) < 4.78 is 5.27. The summed E-state index contributed by atoms with van der Waals surface area (Å²) in [5.41, 5.74) is -0.417. The summed E-state index contributed by atoms with van der Waals surface area (Å²) in [6.07, 6.45) is 0.886. The number of amides is 1. The van der Waals surface area contributed by atoms with Crippen LogP contribution < -0.4 is 5.32 Å². The van der Waals surface area contributed by atoms with E-state index in [9.17, 15) is 9.59 Å². The number of morpholine rings is 1. The predicted octanol–water partition coefficient (Wildman–Crippen LogP) is 0.182.